The van der Waals surface area contributed by atoms with Crippen molar-refractivity contribution < 1.29 is 0 Å². The van der Waals surface area contributed by atoms with E-state index < -0.39 is 0 Å². The summed E-state index contributed by atoms with van der Waals surface area (Å²) < 4.78 is 1.87. The van der Waals surface area contributed by atoms with E-state index in [4.69, 9.17) is 0 Å². The van der Waals surface area contributed by atoms with Crippen LogP contribution < -0.4 is 5.32 Å². The fourth-order valence-corrected chi connectivity index (χ4v) is 2.08. The summed E-state index contributed by atoms with van der Waals surface area (Å²) >= 11 is 0. The molecule has 16 heavy (non-hydrogen) atoms. The molecule has 0 spiro atoms. The standard InChI is InChI=1S/C12H20N4/c1-11(8-16-10-13-9-15-16)14-7-12-5-3-2-4-6-12/h2-3,9-12,14H,4-8H2,1H3. The zero-order valence-corrected chi connectivity index (χ0v) is 9.84. The minimum absolute atomic E-state index is 0.451. The second kappa shape index (κ2) is 5.80. The van der Waals surface area contributed by atoms with Crippen molar-refractivity contribution in [3.8, 4) is 0 Å². The summed E-state index contributed by atoms with van der Waals surface area (Å²) in [6.45, 7) is 4.20. The van der Waals surface area contributed by atoms with Crippen LogP contribution in [0.5, 0.6) is 0 Å². The number of hydrogen-bond donors (Lipinski definition) is 1. The highest BCUT2D eigenvalue weighted by molar-refractivity contribution is 4.90. The third kappa shape index (κ3) is 3.45. The summed E-state index contributed by atoms with van der Waals surface area (Å²) in [4.78, 5) is 3.94. The van der Waals surface area contributed by atoms with Crippen LogP contribution in [0.25, 0.3) is 0 Å². The molecule has 4 heteroatoms. The smallest absolute Gasteiger partial charge is 0.137 e. The third-order valence-corrected chi connectivity index (χ3v) is 3.06. The maximum Gasteiger partial charge on any atom is 0.137 e. The summed E-state index contributed by atoms with van der Waals surface area (Å²) in [7, 11) is 0. The average molecular weight is 220 g/mol. The highest BCUT2D eigenvalue weighted by Gasteiger charge is 2.11. The normalized spacial score (nSPS) is 22.2. The Hall–Kier alpha value is -1.16. The van der Waals surface area contributed by atoms with Gasteiger partial charge in [-0.1, -0.05) is 12.2 Å². The van der Waals surface area contributed by atoms with E-state index in [-0.39, 0.29) is 0 Å². The molecule has 1 aromatic heterocycles. The van der Waals surface area contributed by atoms with Crippen molar-refractivity contribution in [2.45, 2.75) is 38.8 Å². The quantitative estimate of drug-likeness (QED) is 0.767. The molecule has 1 aromatic rings. The molecular formula is C12H20N4. The predicted octanol–water partition coefficient (Wildman–Crippen LogP) is 1.61. The molecular weight excluding hydrogens is 200 g/mol. The van der Waals surface area contributed by atoms with Crippen LogP contribution >= 0.6 is 0 Å². The van der Waals surface area contributed by atoms with Gasteiger partial charge in [0.15, 0.2) is 0 Å². The van der Waals surface area contributed by atoms with Crippen molar-refractivity contribution in [2.24, 2.45) is 5.92 Å². The molecule has 0 aromatic carbocycles. The number of aromatic nitrogens is 3. The van der Waals surface area contributed by atoms with Crippen LogP contribution in [0.4, 0.5) is 0 Å². The molecule has 1 aliphatic rings. The van der Waals surface area contributed by atoms with Gasteiger partial charge in [-0.25, -0.2) is 4.98 Å². The van der Waals surface area contributed by atoms with Crippen molar-refractivity contribution in [3.05, 3.63) is 24.8 Å². The lowest BCUT2D eigenvalue weighted by Crippen LogP contribution is -2.34. The van der Waals surface area contributed by atoms with Gasteiger partial charge in [0.25, 0.3) is 0 Å². The first-order chi connectivity index (χ1) is 7.84. The van der Waals surface area contributed by atoms with Crippen molar-refractivity contribution in [1.82, 2.24) is 20.1 Å². The molecule has 88 valence electrons. The van der Waals surface area contributed by atoms with E-state index in [1.54, 1.807) is 12.7 Å². The van der Waals surface area contributed by atoms with Gasteiger partial charge in [-0.3, -0.25) is 4.68 Å². The molecule has 0 bridgehead atoms. The van der Waals surface area contributed by atoms with Gasteiger partial charge in [0.05, 0.1) is 6.54 Å². The van der Waals surface area contributed by atoms with Gasteiger partial charge in [-0.05, 0) is 38.6 Å². The Labute approximate surface area is 96.8 Å². The van der Waals surface area contributed by atoms with Crippen LogP contribution in [0.2, 0.25) is 0 Å². The first-order valence-electron chi connectivity index (χ1n) is 6.05. The fraction of sp³-hybridized carbons (Fsp3) is 0.667. The maximum absolute atomic E-state index is 4.11. The van der Waals surface area contributed by atoms with Gasteiger partial charge < -0.3 is 5.32 Å². The van der Waals surface area contributed by atoms with Crippen LogP contribution in [0.1, 0.15) is 26.2 Å². The van der Waals surface area contributed by atoms with E-state index in [1.807, 2.05) is 4.68 Å². The average Bonchev–Trinajstić information content (AvgIpc) is 2.81. The van der Waals surface area contributed by atoms with Gasteiger partial charge in [0.1, 0.15) is 12.7 Å². The molecule has 2 unspecified atom stereocenters. The first-order valence-corrected chi connectivity index (χ1v) is 6.05. The van der Waals surface area contributed by atoms with E-state index in [1.165, 1.54) is 19.3 Å². The first kappa shape index (κ1) is 11.3. The Morgan fingerprint density at radius 3 is 3.12 bits per heavy atom. The Balaban J connectivity index is 1.67. The summed E-state index contributed by atoms with van der Waals surface area (Å²) in [5.74, 6) is 0.809. The van der Waals surface area contributed by atoms with Crippen LogP contribution in [0, 0.1) is 5.92 Å². The minimum atomic E-state index is 0.451. The van der Waals surface area contributed by atoms with Crippen molar-refractivity contribution in [3.63, 3.8) is 0 Å². The topological polar surface area (TPSA) is 42.7 Å². The SMILES string of the molecule is CC(Cn1cncn1)NCC1CC=CCC1. The second-order valence-electron chi connectivity index (χ2n) is 4.58. The highest BCUT2D eigenvalue weighted by atomic mass is 15.3. The second-order valence-corrected chi connectivity index (χ2v) is 4.58. The van der Waals surface area contributed by atoms with E-state index in [2.05, 4.69) is 34.5 Å². The molecule has 1 aliphatic carbocycles. The van der Waals surface area contributed by atoms with Gasteiger partial charge in [-0.2, -0.15) is 5.10 Å². The molecule has 0 radical (unpaired) electrons. The van der Waals surface area contributed by atoms with Gasteiger partial charge in [0.2, 0.25) is 0 Å². The van der Waals surface area contributed by atoms with Crippen molar-refractivity contribution in [2.75, 3.05) is 6.54 Å². The molecule has 0 fully saturated rings. The highest BCUT2D eigenvalue weighted by Crippen LogP contribution is 2.16. The van der Waals surface area contributed by atoms with Crippen molar-refractivity contribution >= 4 is 0 Å². The lowest BCUT2D eigenvalue weighted by atomic mass is 9.94. The van der Waals surface area contributed by atoms with Gasteiger partial charge in [-0.15, -0.1) is 0 Å². The molecule has 2 atom stereocenters. The molecule has 4 nitrogen and oxygen atoms in total. The molecule has 0 aliphatic heterocycles. The molecule has 2 rings (SSSR count). The Kier molecular flexibility index (Phi) is 4.10. The Morgan fingerprint density at radius 2 is 2.44 bits per heavy atom. The largest absolute Gasteiger partial charge is 0.312 e. The number of nitrogens with zero attached hydrogens (tertiary/aromatic N) is 3. The van der Waals surface area contributed by atoms with Gasteiger partial charge >= 0.3 is 0 Å². The van der Waals surface area contributed by atoms with Crippen LogP contribution in [-0.4, -0.2) is 27.4 Å². The molecule has 1 heterocycles. The molecule has 1 N–H and O–H groups in total. The van der Waals surface area contributed by atoms with Crippen LogP contribution in [-0.2, 0) is 6.54 Å². The molecule has 0 amide bonds. The van der Waals surface area contributed by atoms with Crippen LogP contribution in [0.3, 0.4) is 0 Å². The van der Waals surface area contributed by atoms with E-state index >= 15 is 0 Å². The third-order valence-electron chi connectivity index (χ3n) is 3.06. The molecule has 0 saturated carbocycles. The lowest BCUT2D eigenvalue weighted by Gasteiger charge is -2.21. The van der Waals surface area contributed by atoms with E-state index in [0.717, 1.165) is 19.0 Å². The maximum atomic E-state index is 4.11. The zero-order chi connectivity index (χ0) is 11.2. The van der Waals surface area contributed by atoms with E-state index in [9.17, 15) is 0 Å². The number of nitrogens with one attached hydrogen (secondary N) is 1. The molecule has 0 saturated heterocycles. The minimum Gasteiger partial charge on any atom is -0.312 e. The van der Waals surface area contributed by atoms with Crippen LogP contribution in [0.15, 0.2) is 24.8 Å². The van der Waals surface area contributed by atoms with Gasteiger partial charge in [0, 0.05) is 6.04 Å². The summed E-state index contributed by atoms with van der Waals surface area (Å²) in [5.41, 5.74) is 0. The Bertz CT molecular complexity index is 318. The summed E-state index contributed by atoms with van der Waals surface area (Å²) in [5, 5.41) is 7.67. The number of hydrogen-bond acceptors (Lipinski definition) is 3. The summed E-state index contributed by atoms with van der Waals surface area (Å²) in [6, 6.07) is 0.451. The zero-order valence-electron chi connectivity index (χ0n) is 9.84. The monoisotopic (exact) mass is 220 g/mol. The number of allylic oxidation sites excluding steroid dienone is 2. The van der Waals surface area contributed by atoms with E-state index in [0.29, 0.717) is 6.04 Å². The summed E-state index contributed by atoms with van der Waals surface area (Å²) in [6.07, 6.45) is 11.7. The Morgan fingerprint density at radius 1 is 1.50 bits per heavy atom. The number of rotatable bonds is 5. The fourth-order valence-electron chi connectivity index (χ4n) is 2.08. The van der Waals surface area contributed by atoms with Crippen molar-refractivity contribution in [1.29, 1.82) is 0 Å². The lowest BCUT2D eigenvalue weighted by molar-refractivity contribution is 0.382. The predicted molar refractivity (Wildman–Crippen MR) is 64.0 cm³/mol.